The first-order chi connectivity index (χ1) is 6.50. The number of halogens is 3. The quantitative estimate of drug-likeness (QED) is 0.826. The predicted octanol–water partition coefficient (Wildman–Crippen LogP) is 3.06. The van der Waals surface area contributed by atoms with Crippen LogP contribution < -0.4 is 5.73 Å². The molecule has 2 nitrogen and oxygen atoms in total. The standard InChI is InChI=1S/C9H8Cl3NO/c10-6-3-5(1-2-8(13)14)4-7(11)9(6)12/h3-4H,1-2H2,(H2,13,14). The molecule has 1 rings (SSSR count). The number of benzene rings is 1. The molecule has 0 bridgehead atoms. The Labute approximate surface area is 96.9 Å². The lowest BCUT2D eigenvalue weighted by atomic mass is 10.1. The Morgan fingerprint density at radius 2 is 1.71 bits per heavy atom. The Morgan fingerprint density at radius 1 is 1.21 bits per heavy atom. The van der Waals surface area contributed by atoms with E-state index in [2.05, 4.69) is 0 Å². The summed E-state index contributed by atoms with van der Waals surface area (Å²) in [5, 5.41) is 1.11. The van der Waals surface area contributed by atoms with Gasteiger partial charge in [0.25, 0.3) is 0 Å². The number of nitrogens with two attached hydrogens (primary N) is 1. The third-order valence-electron chi connectivity index (χ3n) is 1.70. The summed E-state index contributed by atoms with van der Waals surface area (Å²) in [6.07, 6.45) is 0.792. The highest BCUT2D eigenvalue weighted by Gasteiger charge is 2.06. The van der Waals surface area contributed by atoms with E-state index in [1.54, 1.807) is 12.1 Å². The second-order valence-corrected chi connectivity index (χ2v) is 4.03. The van der Waals surface area contributed by atoms with Gasteiger partial charge in [0.05, 0.1) is 15.1 Å². The SMILES string of the molecule is NC(=O)CCc1cc(Cl)c(Cl)c(Cl)c1. The Kier molecular flexibility index (Phi) is 4.05. The van der Waals surface area contributed by atoms with Crippen molar-refractivity contribution in [2.75, 3.05) is 0 Å². The van der Waals surface area contributed by atoms with Crippen LogP contribution in [0.1, 0.15) is 12.0 Å². The highest BCUT2D eigenvalue weighted by atomic mass is 35.5. The van der Waals surface area contributed by atoms with Gasteiger partial charge in [-0.1, -0.05) is 34.8 Å². The average molecular weight is 253 g/mol. The van der Waals surface area contributed by atoms with Crippen LogP contribution in [0.5, 0.6) is 0 Å². The lowest BCUT2D eigenvalue weighted by Gasteiger charge is -2.03. The van der Waals surface area contributed by atoms with Crippen molar-refractivity contribution in [2.45, 2.75) is 12.8 Å². The highest BCUT2D eigenvalue weighted by Crippen LogP contribution is 2.31. The molecule has 76 valence electrons. The second kappa shape index (κ2) is 4.87. The maximum absolute atomic E-state index is 10.5. The minimum atomic E-state index is -0.354. The first-order valence-electron chi connectivity index (χ1n) is 3.92. The van der Waals surface area contributed by atoms with Gasteiger partial charge in [0.1, 0.15) is 0 Å². The van der Waals surface area contributed by atoms with Crippen LogP contribution >= 0.6 is 34.8 Å². The Hall–Kier alpha value is -0.440. The molecule has 0 saturated heterocycles. The molecule has 0 spiro atoms. The van der Waals surface area contributed by atoms with E-state index in [9.17, 15) is 4.79 Å². The van der Waals surface area contributed by atoms with Crippen LogP contribution in [0.15, 0.2) is 12.1 Å². The van der Waals surface area contributed by atoms with Crippen molar-refractivity contribution in [2.24, 2.45) is 5.73 Å². The Balaban J connectivity index is 2.84. The topological polar surface area (TPSA) is 43.1 Å². The van der Waals surface area contributed by atoms with E-state index in [-0.39, 0.29) is 12.3 Å². The van der Waals surface area contributed by atoms with E-state index in [1.165, 1.54) is 0 Å². The molecular formula is C9H8Cl3NO. The summed E-state index contributed by atoms with van der Waals surface area (Å²) >= 11 is 17.4. The predicted molar refractivity (Wildman–Crippen MR) is 59.0 cm³/mol. The molecule has 1 aromatic carbocycles. The molecule has 1 aromatic rings. The molecule has 0 radical (unpaired) electrons. The molecule has 1 amide bonds. The van der Waals surface area contributed by atoms with Gasteiger partial charge >= 0.3 is 0 Å². The summed E-state index contributed by atoms with van der Waals surface area (Å²) in [5.41, 5.74) is 5.87. The Morgan fingerprint density at radius 3 is 2.14 bits per heavy atom. The molecule has 0 saturated carbocycles. The van der Waals surface area contributed by atoms with Crippen LogP contribution in [-0.2, 0) is 11.2 Å². The van der Waals surface area contributed by atoms with Crippen molar-refractivity contribution in [1.82, 2.24) is 0 Å². The first-order valence-corrected chi connectivity index (χ1v) is 5.06. The van der Waals surface area contributed by atoms with E-state index in [0.717, 1.165) is 5.56 Å². The lowest BCUT2D eigenvalue weighted by molar-refractivity contribution is -0.117. The summed E-state index contributed by atoms with van der Waals surface area (Å²) in [5.74, 6) is -0.354. The minimum absolute atomic E-state index is 0.272. The van der Waals surface area contributed by atoms with Crippen LogP contribution in [0.3, 0.4) is 0 Å². The van der Waals surface area contributed by atoms with Gasteiger partial charge in [0.2, 0.25) is 5.91 Å². The largest absolute Gasteiger partial charge is 0.370 e. The van der Waals surface area contributed by atoms with Gasteiger partial charge in [-0.25, -0.2) is 0 Å². The number of hydrogen-bond acceptors (Lipinski definition) is 1. The van der Waals surface area contributed by atoms with Crippen LogP contribution in [0, 0.1) is 0 Å². The number of carbonyl (C=O) groups excluding carboxylic acids is 1. The molecule has 0 fully saturated rings. The summed E-state index contributed by atoms with van der Waals surface area (Å²) in [6, 6.07) is 3.36. The summed E-state index contributed by atoms with van der Waals surface area (Å²) in [7, 11) is 0. The van der Waals surface area contributed by atoms with Crippen LogP contribution in [-0.4, -0.2) is 5.91 Å². The van der Waals surface area contributed by atoms with Crippen molar-refractivity contribution in [3.05, 3.63) is 32.8 Å². The molecule has 14 heavy (non-hydrogen) atoms. The van der Waals surface area contributed by atoms with Gasteiger partial charge in [0, 0.05) is 6.42 Å². The number of carbonyl (C=O) groups is 1. The monoisotopic (exact) mass is 251 g/mol. The van der Waals surface area contributed by atoms with Crippen molar-refractivity contribution < 1.29 is 4.79 Å². The fraction of sp³-hybridized carbons (Fsp3) is 0.222. The number of primary amides is 1. The van der Waals surface area contributed by atoms with Gasteiger partial charge in [-0.3, -0.25) is 4.79 Å². The third kappa shape index (κ3) is 3.05. The van der Waals surface area contributed by atoms with Gasteiger partial charge in [-0.2, -0.15) is 0 Å². The van der Waals surface area contributed by atoms with Crippen molar-refractivity contribution in [3.63, 3.8) is 0 Å². The maximum Gasteiger partial charge on any atom is 0.217 e. The number of aryl methyl sites for hydroxylation is 1. The zero-order valence-electron chi connectivity index (χ0n) is 7.19. The molecule has 0 aromatic heterocycles. The van der Waals surface area contributed by atoms with Gasteiger partial charge < -0.3 is 5.73 Å². The normalized spacial score (nSPS) is 10.2. The van der Waals surface area contributed by atoms with E-state index >= 15 is 0 Å². The number of amides is 1. The van der Waals surface area contributed by atoms with E-state index in [1.807, 2.05) is 0 Å². The van der Waals surface area contributed by atoms with Gasteiger partial charge in [0.15, 0.2) is 0 Å². The van der Waals surface area contributed by atoms with Crippen LogP contribution in [0.2, 0.25) is 15.1 Å². The van der Waals surface area contributed by atoms with Gasteiger partial charge in [-0.15, -0.1) is 0 Å². The lowest BCUT2D eigenvalue weighted by Crippen LogP contribution is -2.11. The average Bonchev–Trinajstić information content (AvgIpc) is 2.10. The second-order valence-electron chi connectivity index (χ2n) is 2.84. The summed E-state index contributed by atoms with van der Waals surface area (Å²) in [4.78, 5) is 10.5. The van der Waals surface area contributed by atoms with E-state index in [0.29, 0.717) is 21.5 Å². The van der Waals surface area contributed by atoms with Gasteiger partial charge in [-0.05, 0) is 24.1 Å². The Bertz CT molecular complexity index is 342. The van der Waals surface area contributed by atoms with Crippen LogP contribution in [0.4, 0.5) is 0 Å². The summed E-state index contributed by atoms with van der Waals surface area (Å²) < 4.78 is 0. The molecule has 0 atom stereocenters. The van der Waals surface area contributed by atoms with Crippen molar-refractivity contribution in [3.8, 4) is 0 Å². The molecule has 0 unspecified atom stereocenters. The van der Waals surface area contributed by atoms with Crippen molar-refractivity contribution >= 4 is 40.7 Å². The van der Waals surface area contributed by atoms with E-state index < -0.39 is 0 Å². The molecule has 5 heteroatoms. The number of hydrogen-bond donors (Lipinski definition) is 1. The summed E-state index contributed by atoms with van der Waals surface area (Å²) in [6.45, 7) is 0. The zero-order valence-corrected chi connectivity index (χ0v) is 9.46. The smallest absolute Gasteiger partial charge is 0.217 e. The molecule has 2 N–H and O–H groups in total. The van der Waals surface area contributed by atoms with E-state index in [4.69, 9.17) is 40.5 Å². The molecule has 0 aliphatic rings. The molecule has 0 heterocycles. The molecule has 0 aliphatic carbocycles. The van der Waals surface area contributed by atoms with Crippen LogP contribution in [0.25, 0.3) is 0 Å². The highest BCUT2D eigenvalue weighted by molar-refractivity contribution is 6.48. The zero-order chi connectivity index (χ0) is 10.7. The first kappa shape index (κ1) is 11.6. The molecule has 0 aliphatic heterocycles. The fourth-order valence-corrected chi connectivity index (χ4v) is 1.66. The fourth-order valence-electron chi connectivity index (χ4n) is 1.02. The van der Waals surface area contributed by atoms with Crippen molar-refractivity contribution in [1.29, 1.82) is 0 Å². The number of rotatable bonds is 3. The molecular weight excluding hydrogens is 244 g/mol. The minimum Gasteiger partial charge on any atom is -0.370 e. The third-order valence-corrected chi connectivity index (χ3v) is 2.90. The maximum atomic E-state index is 10.5.